The number of benzene rings is 3. The fourth-order valence-corrected chi connectivity index (χ4v) is 5.42. The number of carbonyl (C=O) groups excluding carboxylic acids is 1. The van der Waals surface area contributed by atoms with Crippen molar-refractivity contribution < 1.29 is 22.4 Å². The average Bonchev–Trinajstić information content (AvgIpc) is 3.52. The molecule has 1 atom stereocenters. The van der Waals surface area contributed by atoms with Crippen LogP contribution < -0.4 is 5.32 Å². The average molecular weight is 491 g/mol. The second-order valence-corrected chi connectivity index (χ2v) is 10.8. The highest BCUT2D eigenvalue weighted by molar-refractivity contribution is 7.90. The van der Waals surface area contributed by atoms with Crippen molar-refractivity contribution in [3.05, 3.63) is 71.8 Å². The number of esters is 1. The first-order valence-corrected chi connectivity index (χ1v) is 13.4. The molecule has 0 bridgehead atoms. The molecule has 2 heterocycles. The number of sulfone groups is 1. The summed E-state index contributed by atoms with van der Waals surface area (Å²) in [6, 6.07) is 18.7. The van der Waals surface area contributed by atoms with E-state index in [0.29, 0.717) is 29.0 Å². The molecule has 0 radical (unpaired) electrons. The Balaban J connectivity index is 1.52. The lowest BCUT2D eigenvalue weighted by Crippen LogP contribution is -2.32. The number of rotatable bonds is 6. The van der Waals surface area contributed by atoms with Crippen LogP contribution in [0.15, 0.2) is 70.0 Å². The number of aromatic nitrogens is 1. The first-order chi connectivity index (χ1) is 16.8. The quantitative estimate of drug-likeness (QED) is 0.392. The van der Waals surface area contributed by atoms with Gasteiger partial charge in [0.05, 0.1) is 4.90 Å². The Kier molecular flexibility index (Phi) is 6.17. The maximum atomic E-state index is 12.5. The van der Waals surface area contributed by atoms with Gasteiger partial charge in [0, 0.05) is 23.4 Å². The van der Waals surface area contributed by atoms with Crippen LogP contribution in [-0.2, 0) is 26.0 Å². The first kappa shape index (κ1) is 23.3. The highest BCUT2D eigenvalue weighted by Gasteiger charge is 2.25. The van der Waals surface area contributed by atoms with Crippen LogP contribution in [0.3, 0.4) is 0 Å². The number of nitrogens with zero attached hydrogens (tertiary/aromatic N) is 1. The number of ether oxygens (including phenoxy) is 1. The second kappa shape index (κ2) is 9.28. The molecule has 0 unspecified atom stereocenters. The van der Waals surface area contributed by atoms with Crippen LogP contribution in [0.25, 0.3) is 33.7 Å². The molecule has 1 aromatic heterocycles. The predicted molar refractivity (Wildman–Crippen MR) is 134 cm³/mol. The normalized spacial score (nSPS) is 16.0. The van der Waals surface area contributed by atoms with Gasteiger partial charge in [0.2, 0.25) is 5.89 Å². The largest absolute Gasteiger partial charge is 0.460 e. The molecule has 7 nitrogen and oxygen atoms in total. The van der Waals surface area contributed by atoms with Gasteiger partial charge in [0.1, 0.15) is 18.2 Å². The Morgan fingerprint density at radius 2 is 1.89 bits per heavy atom. The number of hydrogen-bond donors (Lipinski definition) is 1. The molecule has 35 heavy (non-hydrogen) atoms. The molecule has 180 valence electrons. The van der Waals surface area contributed by atoms with Gasteiger partial charge >= 0.3 is 5.97 Å². The summed E-state index contributed by atoms with van der Waals surface area (Å²) in [5.41, 5.74) is 5.22. The van der Waals surface area contributed by atoms with E-state index in [1.807, 2.05) is 55.5 Å². The van der Waals surface area contributed by atoms with E-state index in [4.69, 9.17) is 9.15 Å². The van der Waals surface area contributed by atoms with E-state index in [2.05, 4.69) is 10.3 Å². The molecule has 1 fully saturated rings. The fraction of sp³-hybridized carbons (Fsp3) is 0.259. The fourth-order valence-electron chi connectivity index (χ4n) is 4.50. The van der Waals surface area contributed by atoms with Gasteiger partial charge in [-0.2, -0.15) is 0 Å². The van der Waals surface area contributed by atoms with Crippen LogP contribution in [0, 0.1) is 6.92 Å². The molecule has 0 spiro atoms. The topological polar surface area (TPSA) is 98.5 Å². The minimum atomic E-state index is -3.59. The van der Waals surface area contributed by atoms with Gasteiger partial charge in [0.25, 0.3) is 0 Å². The lowest BCUT2D eigenvalue weighted by atomic mass is 9.96. The summed E-state index contributed by atoms with van der Waals surface area (Å²) in [5, 5.41) is 3.09. The summed E-state index contributed by atoms with van der Waals surface area (Å²) in [6.45, 7) is 2.63. The Hall–Kier alpha value is -3.49. The SMILES string of the molecule is Cc1c(-c2ccccc2)cccc1-c1nc2cc(COC(=O)[C@@H]3CCCN3)c(S(C)(=O)=O)cc2o1. The summed E-state index contributed by atoms with van der Waals surface area (Å²) in [5.74, 6) is 0.0234. The van der Waals surface area contributed by atoms with Crippen molar-refractivity contribution in [2.24, 2.45) is 0 Å². The van der Waals surface area contributed by atoms with Gasteiger partial charge in [-0.05, 0) is 55.1 Å². The molecule has 5 rings (SSSR count). The highest BCUT2D eigenvalue weighted by Crippen LogP contribution is 2.34. The Morgan fingerprint density at radius 3 is 2.60 bits per heavy atom. The molecule has 3 aromatic carbocycles. The lowest BCUT2D eigenvalue weighted by Gasteiger charge is -2.12. The van der Waals surface area contributed by atoms with Gasteiger partial charge in [-0.1, -0.05) is 42.5 Å². The van der Waals surface area contributed by atoms with Gasteiger partial charge in [-0.3, -0.25) is 4.79 Å². The molecule has 1 saturated heterocycles. The minimum absolute atomic E-state index is 0.0645. The first-order valence-electron chi connectivity index (χ1n) is 11.5. The Labute approximate surface area is 204 Å². The van der Waals surface area contributed by atoms with Gasteiger partial charge in [0.15, 0.2) is 15.4 Å². The van der Waals surface area contributed by atoms with Crippen molar-refractivity contribution in [3.63, 3.8) is 0 Å². The van der Waals surface area contributed by atoms with Crippen molar-refractivity contribution in [2.45, 2.75) is 37.3 Å². The van der Waals surface area contributed by atoms with E-state index in [1.54, 1.807) is 6.07 Å². The monoisotopic (exact) mass is 490 g/mol. The highest BCUT2D eigenvalue weighted by atomic mass is 32.2. The molecule has 4 aromatic rings. The molecule has 1 aliphatic rings. The van der Waals surface area contributed by atoms with Crippen molar-refractivity contribution in [1.82, 2.24) is 10.3 Å². The van der Waals surface area contributed by atoms with Gasteiger partial charge in [-0.15, -0.1) is 0 Å². The van der Waals surface area contributed by atoms with Crippen LogP contribution in [0.1, 0.15) is 24.0 Å². The van der Waals surface area contributed by atoms with E-state index in [1.165, 1.54) is 6.07 Å². The molecule has 1 aliphatic heterocycles. The number of carbonyl (C=O) groups is 1. The molecular formula is C27H26N2O5S. The number of fused-ring (bicyclic) bond motifs is 1. The van der Waals surface area contributed by atoms with Gasteiger partial charge in [-0.25, -0.2) is 13.4 Å². The lowest BCUT2D eigenvalue weighted by molar-refractivity contribution is -0.147. The van der Waals surface area contributed by atoms with E-state index in [0.717, 1.165) is 41.5 Å². The van der Waals surface area contributed by atoms with Crippen molar-refractivity contribution >= 4 is 26.9 Å². The van der Waals surface area contributed by atoms with E-state index >= 15 is 0 Å². The molecule has 8 heteroatoms. The third-order valence-electron chi connectivity index (χ3n) is 6.33. The van der Waals surface area contributed by atoms with Crippen molar-refractivity contribution in [3.8, 4) is 22.6 Å². The van der Waals surface area contributed by atoms with Crippen molar-refractivity contribution in [2.75, 3.05) is 12.8 Å². The van der Waals surface area contributed by atoms with E-state index in [9.17, 15) is 13.2 Å². The summed E-state index contributed by atoms with van der Waals surface area (Å²) >= 11 is 0. The minimum Gasteiger partial charge on any atom is -0.460 e. The number of hydrogen-bond acceptors (Lipinski definition) is 7. The smallest absolute Gasteiger partial charge is 0.323 e. The van der Waals surface area contributed by atoms with E-state index in [-0.39, 0.29) is 23.5 Å². The summed E-state index contributed by atoms with van der Waals surface area (Å²) in [4.78, 5) is 17.1. The molecule has 1 N–H and O–H groups in total. The Bertz CT molecular complexity index is 1500. The molecule has 0 saturated carbocycles. The van der Waals surface area contributed by atoms with Crippen molar-refractivity contribution in [1.29, 1.82) is 0 Å². The molecule has 0 amide bonds. The summed E-state index contributed by atoms with van der Waals surface area (Å²) < 4.78 is 36.5. The number of oxazole rings is 1. The third-order valence-corrected chi connectivity index (χ3v) is 7.51. The second-order valence-electron chi connectivity index (χ2n) is 8.82. The summed E-state index contributed by atoms with van der Waals surface area (Å²) in [6.07, 6.45) is 2.75. The zero-order valence-corrected chi connectivity index (χ0v) is 20.4. The molecule has 0 aliphatic carbocycles. The maximum absolute atomic E-state index is 12.5. The van der Waals surface area contributed by atoms with Crippen LogP contribution >= 0.6 is 0 Å². The van der Waals surface area contributed by atoms with Crippen LogP contribution in [0.2, 0.25) is 0 Å². The standard InChI is InChI=1S/C27H26N2O5S/c1-17-20(18-8-4-3-5-9-18)10-6-11-21(17)26-29-23-14-19(16-33-27(30)22-12-7-13-28-22)25(35(2,31)32)15-24(23)34-26/h3-6,8-11,14-15,22,28H,7,12-13,16H2,1-2H3/t22-/m0/s1. The van der Waals surface area contributed by atoms with Crippen LogP contribution in [-0.4, -0.2) is 38.2 Å². The zero-order valence-electron chi connectivity index (χ0n) is 19.6. The predicted octanol–water partition coefficient (Wildman–Crippen LogP) is 4.67. The Morgan fingerprint density at radius 1 is 1.11 bits per heavy atom. The zero-order chi connectivity index (χ0) is 24.6. The van der Waals surface area contributed by atoms with E-state index < -0.39 is 9.84 Å². The summed E-state index contributed by atoms with van der Waals surface area (Å²) in [7, 11) is -3.59. The molecular weight excluding hydrogens is 464 g/mol. The van der Waals surface area contributed by atoms with Crippen LogP contribution in [0.5, 0.6) is 0 Å². The third kappa shape index (κ3) is 4.72. The van der Waals surface area contributed by atoms with Gasteiger partial charge < -0.3 is 14.5 Å². The maximum Gasteiger partial charge on any atom is 0.323 e. The number of nitrogens with one attached hydrogen (secondary N) is 1. The van der Waals surface area contributed by atoms with Crippen LogP contribution in [0.4, 0.5) is 0 Å².